The van der Waals surface area contributed by atoms with Crippen molar-refractivity contribution in [1.82, 2.24) is 0 Å². The van der Waals surface area contributed by atoms with Gasteiger partial charge in [-0.1, -0.05) is 90.4 Å². The Bertz CT molecular complexity index is 407. The fourth-order valence-electron chi connectivity index (χ4n) is 3.97. The second kappa shape index (κ2) is 16.4. The number of hydrogen-bond acceptors (Lipinski definition) is 7. The van der Waals surface area contributed by atoms with Gasteiger partial charge in [-0.2, -0.15) is 0 Å². The molecule has 180 valence electrons. The minimum Gasteiger partial charge on any atom is -0.394 e. The van der Waals surface area contributed by atoms with Gasteiger partial charge < -0.3 is 34.6 Å². The molecule has 1 aliphatic heterocycles. The molecule has 1 rings (SSSR count). The minimum absolute atomic E-state index is 0.296. The second-order valence-corrected chi connectivity index (χ2v) is 8.52. The lowest BCUT2D eigenvalue weighted by Crippen LogP contribution is -2.66. The van der Waals surface area contributed by atoms with E-state index in [0.717, 1.165) is 19.3 Å². The lowest BCUT2D eigenvalue weighted by Gasteiger charge is -2.46. The summed E-state index contributed by atoms with van der Waals surface area (Å²) in [5, 5.41) is 39.4. The molecule has 0 spiro atoms. The molecule has 0 bridgehead atoms. The number of ether oxygens (including phenoxy) is 3. The highest BCUT2D eigenvalue weighted by atomic mass is 16.9. The standard InChI is InChI=1S/C23H46O7/c1-3-4-5-6-7-8-9-10-11-12-13-14-15-16-17-29-23(28-2)22(27)21(26)20(25)19(18-24)30-23/h19-22,24-27H,3-18H2,1-2H3/t19?,20-,21+,22-,23-/m0/s1. The van der Waals surface area contributed by atoms with E-state index in [1.807, 2.05) is 0 Å². The van der Waals surface area contributed by atoms with E-state index in [1.165, 1.54) is 77.7 Å². The molecule has 1 fully saturated rings. The number of aliphatic hydroxyl groups excluding tert-OH is 4. The van der Waals surface area contributed by atoms with Gasteiger partial charge >= 0.3 is 5.97 Å². The van der Waals surface area contributed by atoms with Gasteiger partial charge in [-0.05, 0) is 6.42 Å². The summed E-state index contributed by atoms with van der Waals surface area (Å²) in [6.07, 6.45) is 12.0. The van der Waals surface area contributed by atoms with Gasteiger partial charge in [0.25, 0.3) is 0 Å². The second-order valence-electron chi connectivity index (χ2n) is 8.52. The van der Waals surface area contributed by atoms with Crippen molar-refractivity contribution in [2.75, 3.05) is 20.3 Å². The molecule has 1 unspecified atom stereocenters. The third-order valence-corrected chi connectivity index (χ3v) is 6.00. The third kappa shape index (κ3) is 9.47. The number of unbranched alkanes of at least 4 members (excludes halogenated alkanes) is 13. The summed E-state index contributed by atoms with van der Waals surface area (Å²) >= 11 is 0. The van der Waals surface area contributed by atoms with Crippen molar-refractivity contribution in [1.29, 1.82) is 0 Å². The molecular formula is C23H46O7. The Labute approximate surface area is 182 Å². The van der Waals surface area contributed by atoms with Crippen LogP contribution in [0.3, 0.4) is 0 Å². The van der Waals surface area contributed by atoms with E-state index in [0.29, 0.717) is 6.61 Å². The summed E-state index contributed by atoms with van der Waals surface area (Å²) in [7, 11) is 1.30. The van der Waals surface area contributed by atoms with Crippen molar-refractivity contribution in [2.24, 2.45) is 0 Å². The van der Waals surface area contributed by atoms with E-state index >= 15 is 0 Å². The molecule has 1 aliphatic rings. The SMILES string of the molecule is CCCCCCCCCCCCCCCCO[C@]1(OC)OC(CO)[C@H](O)[C@@H](O)[C@@H]1O. The van der Waals surface area contributed by atoms with Crippen molar-refractivity contribution in [3.63, 3.8) is 0 Å². The largest absolute Gasteiger partial charge is 0.394 e. The first-order valence-corrected chi connectivity index (χ1v) is 12.0. The lowest BCUT2D eigenvalue weighted by molar-refractivity contribution is -0.455. The maximum absolute atomic E-state index is 10.2. The van der Waals surface area contributed by atoms with Crippen LogP contribution in [0.15, 0.2) is 0 Å². The molecule has 4 N–H and O–H groups in total. The topological polar surface area (TPSA) is 109 Å². The Morgan fingerprint density at radius 2 is 1.20 bits per heavy atom. The van der Waals surface area contributed by atoms with Crippen molar-refractivity contribution in [2.45, 2.75) is 127 Å². The number of aliphatic hydroxyl groups is 4. The monoisotopic (exact) mass is 434 g/mol. The van der Waals surface area contributed by atoms with E-state index in [-0.39, 0.29) is 0 Å². The van der Waals surface area contributed by atoms with Crippen LogP contribution < -0.4 is 0 Å². The molecule has 7 heteroatoms. The first-order chi connectivity index (χ1) is 14.5. The molecule has 0 saturated carbocycles. The average molecular weight is 435 g/mol. The molecule has 0 aliphatic carbocycles. The molecule has 1 heterocycles. The molecule has 0 radical (unpaired) electrons. The van der Waals surface area contributed by atoms with Crippen molar-refractivity contribution >= 4 is 0 Å². The summed E-state index contributed by atoms with van der Waals surface area (Å²) in [6, 6.07) is 0. The number of methoxy groups -OCH3 is 1. The highest BCUT2D eigenvalue weighted by Crippen LogP contribution is 2.32. The normalized spacial score (nSPS) is 29.4. The molecule has 1 saturated heterocycles. The number of rotatable bonds is 18. The van der Waals surface area contributed by atoms with Gasteiger partial charge in [-0.3, -0.25) is 0 Å². The Hall–Kier alpha value is -0.280. The van der Waals surface area contributed by atoms with Crippen LogP contribution in [0, 0.1) is 0 Å². The maximum atomic E-state index is 10.2. The zero-order chi connectivity index (χ0) is 22.2. The minimum atomic E-state index is -1.87. The van der Waals surface area contributed by atoms with Gasteiger partial charge in [0, 0.05) is 7.11 Å². The molecule has 0 aromatic carbocycles. The molecule has 0 aromatic rings. The van der Waals surface area contributed by atoms with Crippen LogP contribution in [0.5, 0.6) is 0 Å². The summed E-state index contributed by atoms with van der Waals surface area (Å²) < 4.78 is 16.2. The van der Waals surface area contributed by atoms with Gasteiger partial charge in [0.05, 0.1) is 13.2 Å². The fourth-order valence-corrected chi connectivity index (χ4v) is 3.97. The first-order valence-electron chi connectivity index (χ1n) is 12.0. The highest BCUT2D eigenvalue weighted by Gasteiger charge is 2.55. The van der Waals surface area contributed by atoms with E-state index in [2.05, 4.69) is 6.92 Å². The number of hydrogen-bond donors (Lipinski definition) is 4. The van der Waals surface area contributed by atoms with Gasteiger partial charge in [-0.25, -0.2) is 0 Å². The lowest BCUT2D eigenvalue weighted by atomic mass is 9.97. The first kappa shape index (κ1) is 27.8. The van der Waals surface area contributed by atoms with Crippen LogP contribution in [0.1, 0.15) is 96.8 Å². The molecular weight excluding hydrogens is 388 g/mol. The van der Waals surface area contributed by atoms with Crippen molar-refractivity contribution in [3.8, 4) is 0 Å². The Morgan fingerprint density at radius 3 is 1.63 bits per heavy atom. The Kier molecular flexibility index (Phi) is 15.1. The van der Waals surface area contributed by atoms with Crippen molar-refractivity contribution in [3.05, 3.63) is 0 Å². The predicted molar refractivity (Wildman–Crippen MR) is 116 cm³/mol. The van der Waals surface area contributed by atoms with E-state index in [4.69, 9.17) is 14.2 Å². The van der Waals surface area contributed by atoms with Crippen molar-refractivity contribution < 1.29 is 34.6 Å². The van der Waals surface area contributed by atoms with E-state index in [1.54, 1.807) is 0 Å². The smallest absolute Gasteiger partial charge is 0.313 e. The molecule has 0 aromatic heterocycles. The summed E-state index contributed by atoms with van der Waals surface area (Å²) in [5.74, 6) is -1.87. The van der Waals surface area contributed by atoms with Crippen LogP contribution in [0.25, 0.3) is 0 Å². The quantitative estimate of drug-likeness (QED) is 0.194. The van der Waals surface area contributed by atoms with E-state index in [9.17, 15) is 20.4 Å². The van der Waals surface area contributed by atoms with Gasteiger partial charge in [0.2, 0.25) is 0 Å². The zero-order valence-corrected chi connectivity index (χ0v) is 19.1. The Morgan fingerprint density at radius 1 is 0.733 bits per heavy atom. The molecule has 0 amide bonds. The maximum Gasteiger partial charge on any atom is 0.313 e. The van der Waals surface area contributed by atoms with E-state index < -0.39 is 37.0 Å². The molecule has 7 nitrogen and oxygen atoms in total. The average Bonchev–Trinajstić information content (AvgIpc) is 2.76. The third-order valence-electron chi connectivity index (χ3n) is 6.00. The van der Waals surface area contributed by atoms with Gasteiger partial charge in [-0.15, -0.1) is 0 Å². The van der Waals surface area contributed by atoms with Crippen LogP contribution in [-0.2, 0) is 14.2 Å². The van der Waals surface area contributed by atoms with Crippen LogP contribution in [0.2, 0.25) is 0 Å². The van der Waals surface area contributed by atoms with Crippen LogP contribution in [0.4, 0.5) is 0 Å². The summed E-state index contributed by atoms with van der Waals surface area (Å²) in [6.45, 7) is 2.03. The predicted octanol–water partition coefficient (Wildman–Crippen LogP) is 3.26. The van der Waals surface area contributed by atoms with Crippen LogP contribution in [-0.4, -0.2) is 71.1 Å². The van der Waals surface area contributed by atoms with Crippen LogP contribution >= 0.6 is 0 Å². The summed E-state index contributed by atoms with van der Waals surface area (Å²) in [5.41, 5.74) is 0. The zero-order valence-electron chi connectivity index (χ0n) is 19.1. The van der Waals surface area contributed by atoms with Gasteiger partial charge in [0.1, 0.15) is 18.3 Å². The molecule has 30 heavy (non-hydrogen) atoms. The fraction of sp³-hybridized carbons (Fsp3) is 1.00. The summed E-state index contributed by atoms with van der Waals surface area (Å²) in [4.78, 5) is 0. The molecule has 5 atom stereocenters. The Balaban J connectivity index is 2.06. The van der Waals surface area contributed by atoms with Gasteiger partial charge in [0.15, 0.2) is 6.10 Å². The highest BCUT2D eigenvalue weighted by molar-refractivity contribution is 4.92.